The zero-order chi connectivity index (χ0) is 16.7. The average Bonchev–Trinajstić information content (AvgIpc) is 2.77. The van der Waals surface area contributed by atoms with E-state index in [-0.39, 0.29) is 16.6 Å². The second kappa shape index (κ2) is 6.00. The molecule has 2 unspecified atom stereocenters. The number of ether oxygens (including phenoxy) is 1. The molecule has 1 aliphatic heterocycles. The van der Waals surface area contributed by atoms with Crippen LogP contribution in [0.15, 0.2) is 6.07 Å². The summed E-state index contributed by atoms with van der Waals surface area (Å²) in [5, 5.41) is 0.168. The molecule has 0 saturated heterocycles. The van der Waals surface area contributed by atoms with Gasteiger partial charge in [0.05, 0.1) is 0 Å². The Morgan fingerprint density at radius 2 is 2.23 bits per heavy atom. The van der Waals surface area contributed by atoms with Crippen LogP contribution in [0.4, 0.5) is 0 Å². The molecule has 1 N–H and O–H groups in total. The van der Waals surface area contributed by atoms with Crippen molar-refractivity contribution >= 4 is 28.7 Å². The molecule has 1 aliphatic rings. The first-order chi connectivity index (χ1) is 10.1. The number of hydrogen-bond donors (Lipinski definition) is 1. The molecule has 7 heteroatoms. The van der Waals surface area contributed by atoms with Gasteiger partial charge in [-0.15, -0.1) is 4.72 Å². The van der Waals surface area contributed by atoms with Crippen molar-refractivity contribution in [1.82, 2.24) is 9.71 Å². The van der Waals surface area contributed by atoms with Gasteiger partial charge in [-0.3, -0.25) is 4.79 Å². The van der Waals surface area contributed by atoms with Crippen molar-refractivity contribution in [3.8, 4) is 5.75 Å². The highest BCUT2D eigenvalue weighted by atomic mass is 35.5. The molecular weight excluding hydrogens is 324 g/mol. The van der Waals surface area contributed by atoms with Crippen LogP contribution in [0.2, 0.25) is 5.15 Å². The van der Waals surface area contributed by atoms with Gasteiger partial charge < -0.3 is 9.29 Å². The Kier molecular flexibility index (Phi) is 4.78. The van der Waals surface area contributed by atoms with E-state index in [1.54, 1.807) is 6.07 Å². The van der Waals surface area contributed by atoms with Gasteiger partial charge in [0.15, 0.2) is 16.7 Å². The third kappa shape index (κ3) is 3.11. The van der Waals surface area contributed by atoms with Gasteiger partial charge in [-0.1, -0.05) is 18.5 Å². The Labute approximate surface area is 139 Å². The highest BCUT2D eigenvalue weighted by molar-refractivity contribution is 7.90. The Morgan fingerprint density at radius 1 is 1.59 bits per heavy atom. The molecule has 2 rings (SSSR count). The summed E-state index contributed by atoms with van der Waals surface area (Å²) in [6.45, 7) is 9.43. The van der Waals surface area contributed by atoms with Crippen LogP contribution in [-0.4, -0.2) is 26.7 Å². The summed E-state index contributed by atoms with van der Waals surface area (Å²) in [4.78, 5) is 15.7. The number of Topliss-reactive ketones (excluding diaryl/α,β-unsaturated/α-hetero) is 1. The topological polar surface area (TPSA) is 74.3 Å². The molecule has 0 bridgehead atoms. The van der Waals surface area contributed by atoms with Crippen LogP contribution < -0.4 is 9.46 Å². The predicted octanol–water partition coefficient (Wildman–Crippen LogP) is 2.99. The molecule has 22 heavy (non-hydrogen) atoms. The van der Waals surface area contributed by atoms with E-state index >= 15 is 0 Å². The molecule has 122 valence electrons. The summed E-state index contributed by atoms with van der Waals surface area (Å²) < 4.78 is 21.0. The van der Waals surface area contributed by atoms with Crippen LogP contribution in [0.1, 0.15) is 57.1 Å². The van der Waals surface area contributed by atoms with E-state index in [1.165, 1.54) is 6.92 Å². The second-order valence-corrected chi connectivity index (χ2v) is 8.76. The van der Waals surface area contributed by atoms with Gasteiger partial charge in [0.2, 0.25) is 0 Å². The number of carbonyl (C=O) groups is 1. The molecule has 5 nitrogen and oxygen atoms in total. The molecule has 2 atom stereocenters. The Bertz CT molecular complexity index is 603. The van der Waals surface area contributed by atoms with Crippen LogP contribution in [0, 0.1) is 0 Å². The van der Waals surface area contributed by atoms with E-state index in [0.717, 1.165) is 5.56 Å². The van der Waals surface area contributed by atoms with Crippen LogP contribution in [0.3, 0.4) is 0 Å². The fourth-order valence-corrected chi connectivity index (χ4v) is 3.45. The molecule has 0 spiro atoms. The number of halogens is 1. The molecule has 0 radical (unpaired) electrons. The first-order valence-corrected chi connectivity index (χ1v) is 8.68. The van der Waals surface area contributed by atoms with Gasteiger partial charge in [0.1, 0.15) is 22.6 Å². The predicted molar refractivity (Wildman–Crippen MR) is 87.7 cm³/mol. The molecule has 1 aromatic heterocycles. The van der Waals surface area contributed by atoms with Gasteiger partial charge in [0.25, 0.3) is 0 Å². The van der Waals surface area contributed by atoms with E-state index in [2.05, 4.69) is 9.71 Å². The minimum atomic E-state index is -1.28. The first kappa shape index (κ1) is 17.5. The maximum absolute atomic E-state index is 12.5. The fraction of sp³-hybridized carbons (Fsp3) is 0.600. The van der Waals surface area contributed by atoms with Crippen LogP contribution >= 0.6 is 11.6 Å². The van der Waals surface area contributed by atoms with Gasteiger partial charge in [-0.2, -0.15) is 0 Å². The van der Waals surface area contributed by atoms with Crippen LogP contribution in [0.5, 0.6) is 5.75 Å². The lowest BCUT2D eigenvalue weighted by atomic mass is 9.90. The second-order valence-electron chi connectivity index (χ2n) is 6.44. The molecular formula is C15H21ClN2O3S. The lowest BCUT2D eigenvalue weighted by molar-refractivity contribution is 0.101. The summed E-state index contributed by atoms with van der Waals surface area (Å²) in [6, 6.07) is 1.69. The number of ketones is 1. The summed E-state index contributed by atoms with van der Waals surface area (Å²) in [5.41, 5.74) is 0.401. The van der Waals surface area contributed by atoms with E-state index in [1.807, 2.05) is 27.7 Å². The van der Waals surface area contributed by atoms with Crippen molar-refractivity contribution < 1.29 is 14.1 Å². The molecule has 1 aromatic rings. The minimum Gasteiger partial charge on any atom is -0.598 e. The Balaban J connectivity index is 2.49. The van der Waals surface area contributed by atoms with Crippen molar-refractivity contribution in [1.29, 1.82) is 0 Å². The first-order valence-electron chi connectivity index (χ1n) is 7.15. The summed E-state index contributed by atoms with van der Waals surface area (Å²) >= 11 is 4.86. The van der Waals surface area contributed by atoms with E-state index in [9.17, 15) is 9.35 Å². The molecule has 0 amide bonds. The highest BCUT2D eigenvalue weighted by Gasteiger charge is 2.46. The van der Waals surface area contributed by atoms with E-state index in [0.29, 0.717) is 18.8 Å². The van der Waals surface area contributed by atoms with Crippen molar-refractivity contribution in [2.45, 2.75) is 51.3 Å². The van der Waals surface area contributed by atoms with Gasteiger partial charge >= 0.3 is 0 Å². The number of aromatic nitrogens is 1. The van der Waals surface area contributed by atoms with Crippen molar-refractivity contribution in [3.05, 3.63) is 22.5 Å². The zero-order valence-electron chi connectivity index (χ0n) is 13.4. The SMILES string of the molecule is CCC1(N[S+]([O-])C(C)(C)C)COc2c1cc(C(C)=O)nc2Cl. The lowest BCUT2D eigenvalue weighted by Crippen LogP contribution is -2.52. The average molecular weight is 345 g/mol. The number of hydrogen-bond acceptors (Lipinski definition) is 5. The molecule has 0 fully saturated rings. The number of nitrogens with zero attached hydrogens (tertiary/aromatic N) is 1. The molecule has 0 saturated carbocycles. The van der Waals surface area contributed by atoms with Gasteiger partial charge in [-0.05, 0) is 33.3 Å². The number of carbonyl (C=O) groups excluding carboxylic acids is 1. The van der Waals surface area contributed by atoms with Crippen LogP contribution in [0.25, 0.3) is 0 Å². The van der Waals surface area contributed by atoms with Crippen molar-refractivity contribution in [2.24, 2.45) is 0 Å². The Morgan fingerprint density at radius 3 is 2.73 bits per heavy atom. The number of pyridine rings is 1. The fourth-order valence-electron chi connectivity index (χ4n) is 2.23. The quantitative estimate of drug-likeness (QED) is 0.516. The largest absolute Gasteiger partial charge is 0.598 e. The standard InChI is InChI=1S/C15H21ClN2O3S/c1-6-15(18-22(20)14(3,4)5)8-21-12-10(15)7-11(9(2)19)17-13(12)16/h7,18H,6,8H2,1-5H3. The molecule has 2 heterocycles. The highest BCUT2D eigenvalue weighted by Crippen LogP contribution is 2.44. The van der Waals surface area contributed by atoms with E-state index in [4.69, 9.17) is 16.3 Å². The smallest absolute Gasteiger partial charge is 0.178 e. The van der Waals surface area contributed by atoms with Crippen LogP contribution in [-0.2, 0) is 16.9 Å². The summed E-state index contributed by atoms with van der Waals surface area (Å²) in [7, 11) is 0. The minimum absolute atomic E-state index is 0.168. The van der Waals surface area contributed by atoms with Crippen molar-refractivity contribution in [3.63, 3.8) is 0 Å². The van der Waals surface area contributed by atoms with Gasteiger partial charge in [0, 0.05) is 23.8 Å². The normalized spacial score (nSPS) is 22.1. The molecule has 0 aliphatic carbocycles. The zero-order valence-corrected chi connectivity index (χ0v) is 15.0. The third-order valence-electron chi connectivity index (χ3n) is 3.72. The van der Waals surface area contributed by atoms with E-state index < -0.39 is 21.6 Å². The third-order valence-corrected chi connectivity index (χ3v) is 5.66. The monoisotopic (exact) mass is 344 g/mol. The number of fused-ring (bicyclic) bond motifs is 1. The lowest BCUT2D eigenvalue weighted by Gasteiger charge is -2.33. The summed E-state index contributed by atoms with van der Waals surface area (Å²) in [6.07, 6.45) is 0.652. The maximum Gasteiger partial charge on any atom is 0.178 e. The molecule has 0 aromatic carbocycles. The van der Waals surface area contributed by atoms with Gasteiger partial charge in [-0.25, -0.2) is 4.98 Å². The summed E-state index contributed by atoms with van der Waals surface area (Å²) in [5.74, 6) is 0.297. The van der Waals surface area contributed by atoms with Crippen molar-refractivity contribution in [2.75, 3.05) is 6.61 Å². The Hall–Kier alpha value is -0.820. The maximum atomic E-state index is 12.5. The number of nitrogens with one attached hydrogen (secondary N) is 1. The number of rotatable bonds is 4.